The summed E-state index contributed by atoms with van der Waals surface area (Å²) < 4.78 is 26.1. The molecule has 2 aromatic carbocycles. The number of nitrogens with zero attached hydrogens (tertiary/aromatic N) is 1. The fourth-order valence-corrected chi connectivity index (χ4v) is 3.15. The number of nitrogens with one attached hydrogen (secondary N) is 3. The van der Waals surface area contributed by atoms with Gasteiger partial charge < -0.3 is 20.9 Å². The van der Waals surface area contributed by atoms with Crippen molar-refractivity contribution < 1.29 is 23.2 Å². The van der Waals surface area contributed by atoms with Gasteiger partial charge in [-0.25, -0.2) is 13.6 Å². The molecular formula is C21H22F2N4O3. The first kappa shape index (κ1) is 21.2. The molecule has 7 nitrogen and oxygen atoms in total. The van der Waals surface area contributed by atoms with Gasteiger partial charge in [0.05, 0.1) is 0 Å². The van der Waals surface area contributed by atoms with Crippen LogP contribution in [0.4, 0.5) is 25.0 Å². The van der Waals surface area contributed by atoms with Crippen LogP contribution >= 0.6 is 0 Å². The van der Waals surface area contributed by atoms with E-state index in [0.29, 0.717) is 38.2 Å². The fraction of sp³-hybridized carbons (Fsp3) is 0.286. The molecule has 0 radical (unpaired) electrons. The molecule has 4 amide bonds. The van der Waals surface area contributed by atoms with E-state index < -0.39 is 17.6 Å². The highest BCUT2D eigenvalue weighted by molar-refractivity contribution is 6.39. The van der Waals surface area contributed by atoms with Gasteiger partial charge in [0.2, 0.25) is 0 Å². The van der Waals surface area contributed by atoms with Crippen molar-refractivity contribution in [2.24, 2.45) is 5.92 Å². The zero-order valence-corrected chi connectivity index (χ0v) is 16.2. The van der Waals surface area contributed by atoms with E-state index in [4.69, 9.17) is 0 Å². The number of carbonyl (C=O) groups is 3. The van der Waals surface area contributed by atoms with Gasteiger partial charge in [-0.3, -0.25) is 9.59 Å². The molecule has 3 rings (SSSR count). The number of anilines is 2. The van der Waals surface area contributed by atoms with Gasteiger partial charge >= 0.3 is 17.8 Å². The van der Waals surface area contributed by atoms with E-state index in [1.165, 1.54) is 42.5 Å². The van der Waals surface area contributed by atoms with Crippen molar-refractivity contribution in [3.05, 3.63) is 60.2 Å². The second-order valence-corrected chi connectivity index (χ2v) is 7.04. The van der Waals surface area contributed by atoms with E-state index in [2.05, 4.69) is 16.0 Å². The first-order chi connectivity index (χ1) is 14.4. The van der Waals surface area contributed by atoms with Crippen molar-refractivity contribution in [3.8, 4) is 0 Å². The summed E-state index contributed by atoms with van der Waals surface area (Å²) in [5.41, 5.74) is 0.718. The number of benzene rings is 2. The molecule has 30 heavy (non-hydrogen) atoms. The van der Waals surface area contributed by atoms with Gasteiger partial charge in [-0.05, 0) is 61.2 Å². The summed E-state index contributed by atoms with van der Waals surface area (Å²) in [5.74, 6) is -2.41. The van der Waals surface area contributed by atoms with Crippen LogP contribution in [0, 0.1) is 17.6 Å². The summed E-state index contributed by atoms with van der Waals surface area (Å²) >= 11 is 0. The SMILES string of the molecule is O=C(NCC1CCN(C(=O)Nc2ccc(F)cc2)CC1)C(=O)Nc1cccc(F)c1. The first-order valence-electron chi connectivity index (χ1n) is 9.57. The van der Waals surface area contributed by atoms with Crippen LogP contribution in [0.25, 0.3) is 0 Å². The average molecular weight is 416 g/mol. The predicted octanol–water partition coefficient (Wildman–Crippen LogP) is 2.96. The minimum atomic E-state index is -0.864. The number of urea groups is 1. The number of hydrogen-bond donors (Lipinski definition) is 3. The lowest BCUT2D eigenvalue weighted by atomic mass is 9.97. The summed E-state index contributed by atoms with van der Waals surface area (Å²) in [7, 11) is 0. The summed E-state index contributed by atoms with van der Waals surface area (Å²) in [4.78, 5) is 37.8. The number of hydrogen-bond acceptors (Lipinski definition) is 3. The third-order valence-corrected chi connectivity index (χ3v) is 4.84. The second kappa shape index (κ2) is 9.82. The summed E-state index contributed by atoms with van der Waals surface area (Å²) in [6.07, 6.45) is 1.34. The largest absolute Gasteiger partial charge is 0.348 e. The van der Waals surface area contributed by atoms with E-state index in [9.17, 15) is 23.2 Å². The zero-order chi connectivity index (χ0) is 21.5. The van der Waals surface area contributed by atoms with Crippen LogP contribution in [0.1, 0.15) is 12.8 Å². The fourth-order valence-electron chi connectivity index (χ4n) is 3.15. The first-order valence-corrected chi connectivity index (χ1v) is 9.57. The molecule has 0 bridgehead atoms. The van der Waals surface area contributed by atoms with E-state index >= 15 is 0 Å². The highest BCUT2D eigenvalue weighted by atomic mass is 19.1. The third-order valence-electron chi connectivity index (χ3n) is 4.84. The minimum absolute atomic E-state index is 0.130. The Hall–Kier alpha value is -3.49. The van der Waals surface area contributed by atoms with Crippen LogP contribution in [0.5, 0.6) is 0 Å². The van der Waals surface area contributed by atoms with Crippen molar-refractivity contribution in [2.75, 3.05) is 30.3 Å². The molecule has 1 heterocycles. The Morgan fingerprint density at radius 1 is 0.867 bits per heavy atom. The van der Waals surface area contributed by atoms with Crippen LogP contribution < -0.4 is 16.0 Å². The van der Waals surface area contributed by atoms with Gasteiger partial charge in [-0.1, -0.05) is 6.07 Å². The van der Waals surface area contributed by atoms with Gasteiger partial charge in [0.25, 0.3) is 0 Å². The zero-order valence-electron chi connectivity index (χ0n) is 16.2. The van der Waals surface area contributed by atoms with Gasteiger partial charge in [0.1, 0.15) is 11.6 Å². The molecule has 1 aliphatic rings. The normalized spacial score (nSPS) is 14.1. The third kappa shape index (κ3) is 6.00. The molecule has 1 aliphatic heterocycles. The second-order valence-electron chi connectivity index (χ2n) is 7.04. The maximum absolute atomic E-state index is 13.1. The minimum Gasteiger partial charge on any atom is -0.348 e. The molecule has 0 aromatic heterocycles. The molecule has 0 saturated carbocycles. The molecular weight excluding hydrogens is 394 g/mol. The van der Waals surface area contributed by atoms with Crippen molar-refractivity contribution in [1.29, 1.82) is 0 Å². The van der Waals surface area contributed by atoms with E-state index in [0.717, 1.165) is 6.07 Å². The van der Waals surface area contributed by atoms with E-state index in [1.807, 2.05) is 0 Å². The lowest BCUT2D eigenvalue weighted by Gasteiger charge is -2.32. The number of amides is 4. The molecule has 1 fully saturated rings. The maximum Gasteiger partial charge on any atom is 0.321 e. The predicted molar refractivity (Wildman–Crippen MR) is 108 cm³/mol. The summed E-state index contributed by atoms with van der Waals surface area (Å²) in [5, 5.41) is 7.64. The Labute approximate surface area is 172 Å². The van der Waals surface area contributed by atoms with Gasteiger partial charge in [0, 0.05) is 31.0 Å². The molecule has 3 N–H and O–H groups in total. The highest BCUT2D eigenvalue weighted by Gasteiger charge is 2.24. The Morgan fingerprint density at radius 2 is 1.57 bits per heavy atom. The number of carbonyl (C=O) groups excluding carboxylic acids is 3. The monoisotopic (exact) mass is 416 g/mol. The van der Waals surface area contributed by atoms with E-state index in [-0.39, 0.29) is 23.5 Å². The Bertz CT molecular complexity index is 913. The molecule has 0 spiro atoms. The molecule has 0 unspecified atom stereocenters. The Balaban J connectivity index is 1.38. The molecule has 0 aliphatic carbocycles. The topological polar surface area (TPSA) is 90.5 Å². The molecule has 9 heteroatoms. The van der Waals surface area contributed by atoms with Gasteiger partial charge in [-0.2, -0.15) is 0 Å². The lowest BCUT2D eigenvalue weighted by molar-refractivity contribution is -0.136. The summed E-state index contributed by atoms with van der Waals surface area (Å²) in [6, 6.07) is 10.5. The number of likely N-dealkylation sites (tertiary alicyclic amines) is 1. The highest BCUT2D eigenvalue weighted by Crippen LogP contribution is 2.18. The van der Waals surface area contributed by atoms with Crippen LogP contribution in [0.3, 0.4) is 0 Å². The smallest absolute Gasteiger partial charge is 0.321 e. The van der Waals surface area contributed by atoms with Crippen LogP contribution in [-0.2, 0) is 9.59 Å². The molecule has 2 aromatic rings. The maximum atomic E-state index is 13.1. The quantitative estimate of drug-likeness (QED) is 0.670. The number of rotatable bonds is 4. The molecule has 0 atom stereocenters. The Morgan fingerprint density at radius 3 is 2.23 bits per heavy atom. The lowest BCUT2D eigenvalue weighted by Crippen LogP contribution is -2.44. The number of halogens is 2. The molecule has 1 saturated heterocycles. The Kier molecular flexibility index (Phi) is 6.95. The van der Waals surface area contributed by atoms with Crippen LogP contribution in [-0.4, -0.2) is 42.4 Å². The average Bonchev–Trinajstić information content (AvgIpc) is 2.74. The van der Waals surface area contributed by atoms with Crippen LogP contribution in [0.15, 0.2) is 48.5 Å². The van der Waals surface area contributed by atoms with Crippen molar-refractivity contribution in [1.82, 2.24) is 10.2 Å². The van der Waals surface area contributed by atoms with Crippen LogP contribution in [0.2, 0.25) is 0 Å². The van der Waals surface area contributed by atoms with Crippen molar-refractivity contribution in [3.63, 3.8) is 0 Å². The summed E-state index contributed by atoms with van der Waals surface area (Å²) in [6.45, 7) is 1.31. The van der Waals surface area contributed by atoms with Crippen molar-refractivity contribution >= 4 is 29.2 Å². The van der Waals surface area contributed by atoms with E-state index in [1.54, 1.807) is 4.90 Å². The number of piperidine rings is 1. The standard InChI is InChI=1S/C21H22F2N4O3/c22-15-4-6-17(7-5-15)26-21(30)27-10-8-14(9-11-27)13-24-19(28)20(29)25-18-3-1-2-16(23)12-18/h1-7,12,14H,8-11,13H2,(H,24,28)(H,25,29)(H,26,30). The van der Waals surface area contributed by atoms with Crippen molar-refractivity contribution in [2.45, 2.75) is 12.8 Å². The van der Waals surface area contributed by atoms with Gasteiger partial charge in [0.15, 0.2) is 0 Å². The van der Waals surface area contributed by atoms with Gasteiger partial charge in [-0.15, -0.1) is 0 Å². The molecule has 158 valence electrons.